The van der Waals surface area contributed by atoms with Crippen LogP contribution < -0.4 is 11.1 Å². The quantitative estimate of drug-likeness (QED) is 0.509. The molecule has 0 saturated carbocycles. The third-order valence-corrected chi connectivity index (χ3v) is 2.36. The van der Waals surface area contributed by atoms with Crippen molar-refractivity contribution in [1.29, 1.82) is 0 Å². The van der Waals surface area contributed by atoms with Crippen LogP contribution in [0.4, 0.5) is 11.7 Å². The number of hydrogen-bond donors (Lipinski definition) is 3. The molecule has 9 heteroatoms. The zero-order chi connectivity index (χ0) is 14.0. The van der Waals surface area contributed by atoms with Crippen LogP contribution in [-0.4, -0.2) is 33.6 Å². The molecule has 0 aliphatic carbocycles. The first kappa shape index (κ1) is 12.8. The van der Waals surface area contributed by atoms with Crippen LogP contribution in [0.25, 0.3) is 11.1 Å². The highest BCUT2D eigenvalue weighted by Crippen LogP contribution is 2.23. The van der Waals surface area contributed by atoms with Gasteiger partial charge in [0.1, 0.15) is 11.6 Å². The number of aromatic nitrogens is 1. The van der Waals surface area contributed by atoms with Gasteiger partial charge in [-0.25, -0.2) is 0 Å². The number of nitrogens with zero attached hydrogens (tertiary/aromatic N) is 2. The number of non-ortho nitro benzene ring substituents is 1. The summed E-state index contributed by atoms with van der Waals surface area (Å²) in [5, 5.41) is 22.3. The Morgan fingerprint density at radius 1 is 1.63 bits per heavy atom. The van der Waals surface area contributed by atoms with E-state index in [2.05, 4.69) is 10.3 Å². The van der Waals surface area contributed by atoms with Gasteiger partial charge in [0.2, 0.25) is 5.91 Å². The Morgan fingerprint density at radius 2 is 2.37 bits per heavy atom. The molecule has 1 atom stereocenters. The molecule has 0 fully saturated rings. The summed E-state index contributed by atoms with van der Waals surface area (Å²) in [5.41, 5.74) is 5.40. The highest BCUT2D eigenvalue weighted by atomic mass is 16.6. The summed E-state index contributed by atoms with van der Waals surface area (Å²) in [7, 11) is 0. The standard InChI is InChI=1S/C10H10N4O5/c11-9(16)7(15)4-12-10-13-6-2-1-5(14(17)18)3-8(6)19-10/h1-3,7,15H,4H2,(H2,11,16)(H,12,13). The molecule has 1 heterocycles. The minimum absolute atomic E-state index is 0.0378. The largest absolute Gasteiger partial charge is 0.423 e. The summed E-state index contributed by atoms with van der Waals surface area (Å²) in [4.78, 5) is 24.6. The molecule has 0 aliphatic heterocycles. The summed E-state index contributed by atoms with van der Waals surface area (Å²) in [6.45, 7) is -0.162. The van der Waals surface area contributed by atoms with Gasteiger partial charge in [0, 0.05) is 6.07 Å². The number of carbonyl (C=O) groups excluding carboxylic acids is 1. The van der Waals surface area contributed by atoms with E-state index in [0.29, 0.717) is 5.52 Å². The van der Waals surface area contributed by atoms with Crippen LogP contribution in [0.1, 0.15) is 0 Å². The number of nitro groups is 1. The van der Waals surface area contributed by atoms with Gasteiger partial charge in [-0.05, 0) is 6.07 Å². The van der Waals surface area contributed by atoms with E-state index >= 15 is 0 Å². The Bertz CT molecular complexity index is 638. The minimum atomic E-state index is -1.37. The SMILES string of the molecule is NC(=O)C(O)CNc1nc2ccc([N+](=O)[O-])cc2o1. The summed E-state index contributed by atoms with van der Waals surface area (Å²) in [5.74, 6) is -0.876. The topological polar surface area (TPSA) is 145 Å². The number of benzene rings is 1. The first-order valence-electron chi connectivity index (χ1n) is 5.23. The Kier molecular flexibility index (Phi) is 3.29. The maximum absolute atomic E-state index is 10.6. The molecular weight excluding hydrogens is 256 g/mol. The number of nitrogens with one attached hydrogen (secondary N) is 1. The number of hydrogen-bond acceptors (Lipinski definition) is 7. The van der Waals surface area contributed by atoms with Crippen molar-refractivity contribution in [2.75, 3.05) is 11.9 Å². The number of aliphatic hydroxyl groups is 1. The number of carbonyl (C=O) groups is 1. The van der Waals surface area contributed by atoms with Crippen LogP contribution in [0.15, 0.2) is 22.6 Å². The second kappa shape index (κ2) is 4.90. The summed E-state index contributed by atoms with van der Waals surface area (Å²) >= 11 is 0. The lowest BCUT2D eigenvalue weighted by atomic mass is 10.3. The van der Waals surface area contributed by atoms with Gasteiger partial charge in [-0.2, -0.15) is 4.98 Å². The third-order valence-electron chi connectivity index (χ3n) is 2.36. The fraction of sp³-hybridized carbons (Fsp3) is 0.200. The van der Waals surface area contributed by atoms with Gasteiger partial charge in [-0.3, -0.25) is 14.9 Å². The second-order valence-electron chi connectivity index (χ2n) is 3.73. The molecule has 0 spiro atoms. The fourth-order valence-electron chi connectivity index (χ4n) is 1.39. The van der Waals surface area contributed by atoms with E-state index in [9.17, 15) is 20.0 Å². The molecule has 1 aromatic carbocycles. The zero-order valence-electron chi connectivity index (χ0n) is 9.57. The van der Waals surface area contributed by atoms with Crippen molar-refractivity contribution in [3.63, 3.8) is 0 Å². The maximum Gasteiger partial charge on any atom is 0.295 e. The van der Waals surface area contributed by atoms with Gasteiger partial charge >= 0.3 is 0 Å². The van der Waals surface area contributed by atoms with Gasteiger partial charge in [0.15, 0.2) is 5.58 Å². The van der Waals surface area contributed by atoms with Crippen LogP contribution in [-0.2, 0) is 4.79 Å². The van der Waals surface area contributed by atoms with Gasteiger partial charge in [0.05, 0.1) is 17.5 Å². The van der Waals surface area contributed by atoms with E-state index in [1.807, 2.05) is 0 Å². The van der Waals surface area contributed by atoms with Gasteiger partial charge in [-0.15, -0.1) is 0 Å². The van der Waals surface area contributed by atoms with Crippen LogP contribution in [0.5, 0.6) is 0 Å². The average molecular weight is 266 g/mol. The van der Waals surface area contributed by atoms with Crippen molar-refractivity contribution in [3.8, 4) is 0 Å². The van der Waals surface area contributed by atoms with Crippen molar-refractivity contribution in [1.82, 2.24) is 4.98 Å². The lowest BCUT2D eigenvalue weighted by Crippen LogP contribution is -2.34. The van der Waals surface area contributed by atoms with Crippen LogP contribution in [0, 0.1) is 10.1 Å². The second-order valence-corrected chi connectivity index (χ2v) is 3.73. The fourth-order valence-corrected chi connectivity index (χ4v) is 1.39. The molecule has 1 unspecified atom stereocenters. The number of rotatable bonds is 5. The number of primary amides is 1. The maximum atomic E-state index is 10.6. The molecular formula is C10H10N4O5. The molecule has 9 nitrogen and oxygen atoms in total. The number of fused-ring (bicyclic) bond motifs is 1. The van der Waals surface area contributed by atoms with Crippen molar-refractivity contribution in [2.45, 2.75) is 6.10 Å². The molecule has 19 heavy (non-hydrogen) atoms. The molecule has 2 rings (SSSR count). The highest BCUT2D eigenvalue weighted by molar-refractivity contribution is 5.79. The molecule has 4 N–H and O–H groups in total. The summed E-state index contributed by atoms with van der Waals surface area (Å²) < 4.78 is 5.20. The molecule has 0 aliphatic rings. The molecule has 1 aromatic heterocycles. The highest BCUT2D eigenvalue weighted by Gasteiger charge is 2.14. The van der Waals surface area contributed by atoms with Crippen LogP contribution in [0.3, 0.4) is 0 Å². The molecule has 2 aromatic rings. The van der Waals surface area contributed by atoms with E-state index in [1.54, 1.807) is 0 Å². The van der Waals surface area contributed by atoms with E-state index in [0.717, 1.165) is 0 Å². The van der Waals surface area contributed by atoms with Crippen molar-refractivity contribution in [3.05, 3.63) is 28.3 Å². The molecule has 100 valence electrons. The molecule has 0 saturated heterocycles. The summed E-state index contributed by atoms with van der Waals surface area (Å²) in [6.07, 6.45) is -1.37. The molecule has 0 radical (unpaired) electrons. The predicted molar refractivity (Wildman–Crippen MR) is 64.4 cm³/mol. The molecule has 0 bridgehead atoms. The van der Waals surface area contributed by atoms with Gasteiger partial charge in [0.25, 0.3) is 11.7 Å². The number of nitrogens with two attached hydrogens (primary N) is 1. The average Bonchev–Trinajstić information content (AvgIpc) is 2.77. The monoisotopic (exact) mass is 266 g/mol. The van der Waals surface area contributed by atoms with Crippen LogP contribution in [0.2, 0.25) is 0 Å². The lowest BCUT2D eigenvalue weighted by Gasteiger charge is -2.05. The Hall–Kier alpha value is -2.68. The third kappa shape index (κ3) is 2.77. The zero-order valence-corrected chi connectivity index (χ0v) is 9.57. The summed E-state index contributed by atoms with van der Waals surface area (Å²) in [6, 6.07) is 4.01. The normalized spacial score (nSPS) is 12.3. The molecule has 1 amide bonds. The number of aliphatic hydroxyl groups excluding tert-OH is 1. The van der Waals surface area contributed by atoms with Crippen molar-refractivity contribution >= 4 is 28.7 Å². The van der Waals surface area contributed by atoms with Crippen molar-refractivity contribution < 1.29 is 19.2 Å². The van der Waals surface area contributed by atoms with Gasteiger partial charge in [-0.1, -0.05) is 0 Å². The van der Waals surface area contributed by atoms with E-state index < -0.39 is 16.9 Å². The van der Waals surface area contributed by atoms with Crippen molar-refractivity contribution in [2.24, 2.45) is 5.73 Å². The Morgan fingerprint density at radius 3 is 3.00 bits per heavy atom. The van der Waals surface area contributed by atoms with E-state index in [4.69, 9.17) is 10.2 Å². The predicted octanol–water partition coefficient (Wildman–Crippen LogP) is -0.00590. The van der Waals surface area contributed by atoms with E-state index in [1.165, 1.54) is 18.2 Å². The number of nitro benzene ring substituents is 1. The number of oxazole rings is 1. The first-order chi connectivity index (χ1) is 8.97. The Balaban J connectivity index is 2.17. The number of anilines is 1. The smallest absolute Gasteiger partial charge is 0.295 e. The Labute approximate surface area is 106 Å². The first-order valence-corrected chi connectivity index (χ1v) is 5.23. The van der Waals surface area contributed by atoms with E-state index in [-0.39, 0.29) is 23.8 Å². The minimum Gasteiger partial charge on any atom is -0.423 e. The van der Waals surface area contributed by atoms with Crippen LogP contribution >= 0.6 is 0 Å². The van der Waals surface area contributed by atoms with Gasteiger partial charge < -0.3 is 20.6 Å². The number of amides is 1. The lowest BCUT2D eigenvalue weighted by molar-refractivity contribution is -0.384.